The average molecular weight is 460 g/mol. The lowest BCUT2D eigenvalue weighted by molar-refractivity contribution is -0.132. The van der Waals surface area contributed by atoms with Crippen LogP contribution >= 0.6 is 0 Å². The van der Waals surface area contributed by atoms with Gasteiger partial charge in [-0.15, -0.1) is 0 Å². The molecule has 1 aliphatic heterocycles. The molecule has 1 unspecified atom stereocenters. The summed E-state index contributed by atoms with van der Waals surface area (Å²) in [6, 6.07) is 13.5. The minimum absolute atomic E-state index is 0.00316. The lowest BCUT2D eigenvalue weighted by Gasteiger charge is -2.25. The molecule has 6 heteroatoms. The molecule has 1 fully saturated rings. The van der Waals surface area contributed by atoms with Gasteiger partial charge >= 0.3 is 0 Å². The molecule has 1 aliphatic rings. The Balaban J connectivity index is 1.90. The van der Waals surface area contributed by atoms with Crippen molar-refractivity contribution < 1.29 is 23.8 Å². The Bertz CT molecular complexity index is 1310. The van der Waals surface area contributed by atoms with Crippen LogP contribution in [0.2, 0.25) is 0 Å². The van der Waals surface area contributed by atoms with Crippen LogP contribution in [0, 0.1) is 27.7 Å². The summed E-state index contributed by atoms with van der Waals surface area (Å²) in [6.07, 6.45) is 0.00316. The fourth-order valence-corrected chi connectivity index (χ4v) is 4.36. The normalized spacial score (nSPS) is 17.6. The van der Waals surface area contributed by atoms with Crippen molar-refractivity contribution in [3.63, 3.8) is 0 Å². The first-order valence-electron chi connectivity index (χ1n) is 11.3. The predicted molar refractivity (Wildman–Crippen MR) is 131 cm³/mol. The Morgan fingerprint density at radius 1 is 0.971 bits per heavy atom. The number of anilines is 1. The quantitative estimate of drug-likeness (QED) is 0.291. The maximum absolute atomic E-state index is 13.3. The van der Waals surface area contributed by atoms with Crippen LogP contribution in [-0.2, 0) is 9.59 Å². The molecule has 2 heterocycles. The second-order valence-electron chi connectivity index (χ2n) is 9.05. The monoisotopic (exact) mass is 459 g/mol. The molecule has 1 amide bonds. The lowest BCUT2D eigenvalue weighted by atomic mass is 9.98. The summed E-state index contributed by atoms with van der Waals surface area (Å²) in [4.78, 5) is 28.0. The zero-order valence-electron chi connectivity index (χ0n) is 20.3. The van der Waals surface area contributed by atoms with Crippen LogP contribution in [0.5, 0.6) is 5.75 Å². The first kappa shape index (κ1) is 23.4. The molecule has 6 nitrogen and oxygen atoms in total. The van der Waals surface area contributed by atoms with Gasteiger partial charge in [-0.1, -0.05) is 17.7 Å². The zero-order chi connectivity index (χ0) is 24.7. The summed E-state index contributed by atoms with van der Waals surface area (Å²) in [6.45, 7) is 11.4. The number of furan rings is 1. The van der Waals surface area contributed by atoms with E-state index in [-0.39, 0.29) is 17.4 Å². The van der Waals surface area contributed by atoms with Gasteiger partial charge in [0.05, 0.1) is 11.7 Å². The third-order valence-corrected chi connectivity index (χ3v) is 5.90. The van der Waals surface area contributed by atoms with Crippen molar-refractivity contribution in [2.24, 2.45) is 0 Å². The molecule has 2 aromatic carbocycles. The predicted octanol–water partition coefficient (Wildman–Crippen LogP) is 5.93. The number of aliphatic hydroxyl groups excluding tert-OH is 1. The number of hydrogen-bond acceptors (Lipinski definition) is 5. The van der Waals surface area contributed by atoms with Gasteiger partial charge in [0.15, 0.2) is 0 Å². The minimum atomic E-state index is -0.887. The largest absolute Gasteiger partial charge is 0.507 e. The number of benzene rings is 2. The van der Waals surface area contributed by atoms with E-state index in [2.05, 4.69) is 0 Å². The van der Waals surface area contributed by atoms with Crippen molar-refractivity contribution in [1.29, 1.82) is 0 Å². The molecule has 1 saturated heterocycles. The van der Waals surface area contributed by atoms with E-state index >= 15 is 0 Å². The summed E-state index contributed by atoms with van der Waals surface area (Å²) in [5.74, 6) is 0.0482. The van der Waals surface area contributed by atoms with Crippen LogP contribution in [0.1, 0.15) is 53.7 Å². The highest BCUT2D eigenvalue weighted by atomic mass is 16.5. The fraction of sp³-hybridized carbons (Fsp3) is 0.286. The second kappa shape index (κ2) is 8.86. The molecular formula is C28H29NO5. The van der Waals surface area contributed by atoms with Crippen molar-refractivity contribution in [3.8, 4) is 5.75 Å². The number of rotatable bonds is 5. The number of nitrogens with zero attached hydrogens (tertiary/aromatic N) is 1. The van der Waals surface area contributed by atoms with Crippen LogP contribution in [0.4, 0.5) is 5.69 Å². The Hall–Kier alpha value is -3.80. The molecule has 0 saturated carbocycles. The average Bonchev–Trinajstić information content (AvgIpc) is 3.30. The van der Waals surface area contributed by atoms with Crippen molar-refractivity contribution in [3.05, 3.63) is 87.9 Å². The summed E-state index contributed by atoms with van der Waals surface area (Å²) >= 11 is 0. The second-order valence-corrected chi connectivity index (χ2v) is 9.05. The van der Waals surface area contributed by atoms with Gasteiger partial charge in [-0.2, -0.15) is 0 Å². The molecule has 0 aliphatic carbocycles. The summed E-state index contributed by atoms with van der Waals surface area (Å²) < 4.78 is 11.7. The van der Waals surface area contributed by atoms with Gasteiger partial charge in [-0.3, -0.25) is 14.5 Å². The SMILES string of the molecule is Cc1ccc(N2C(=O)C(=O)/C(=C(\O)c3ccc(OC(C)C)c(C)c3)C2c2ccc(C)o2)c(C)c1. The van der Waals surface area contributed by atoms with Crippen molar-refractivity contribution in [1.82, 2.24) is 0 Å². The van der Waals surface area contributed by atoms with Gasteiger partial charge in [0, 0.05) is 11.3 Å². The van der Waals surface area contributed by atoms with Crippen LogP contribution in [-0.4, -0.2) is 22.9 Å². The smallest absolute Gasteiger partial charge is 0.300 e. The van der Waals surface area contributed by atoms with Crippen LogP contribution in [0.3, 0.4) is 0 Å². The molecule has 1 N–H and O–H groups in total. The van der Waals surface area contributed by atoms with E-state index in [0.717, 1.165) is 16.7 Å². The van der Waals surface area contributed by atoms with Crippen LogP contribution in [0.25, 0.3) is 5.76 Å². The Morgan fingerprint density at radius 3 is 2.29 bits per heavy atom. The molecule has 176 valence electrons. The van der Waals surface area contributed by atoms with Crippen LogP contribution < -0.4 is 9.64 Å². The molecule has 0 bridgehead atoms. The number of carbonyl (C=O) groups excluding carboxylic acids is 2. The van der Waals surface area contributed by atoms with E-state index in [1.165, 1.54) is 4.90 Å². The maximum atomic E-state index is 13.3. The number of Topliss-reactive ketones (excluding diaryl/α,β-unsaturated/α-hetero) is 1. The van der Waals surface area contributed by atoms with E-state index in [9.17, 15) is 14.7 Å². The highest BCUT2D eigenvalue weighted by molar-refractivity contribution is 6.51. The maximum Gasteiger partial charge on any atom is 0.300 e. The highest BCUT2D eigenvalue weighted by Gasteiger charge is 2.48. The molecule has 4 rings (SSSR count). The highest BCUT2D eigenvalue weighted by Crippen LogP contribution is 2.44. The van der Waals surface area contributed by atoms with E-state index in [4.69, 9.17) is 9.15 Å². The number of amides is 1. The topological polar surface area (TPSA) is 80.0 Å². The van der Waals surface area contributed by atoms with Gasteiger partial charge in [-0.05, 0) is 89.1 Å². The first-order chi connectivity index (χ1) is 16.1. The molecule has 34 heavy (non-hydrogen) atoms. The van der Waals surface area contributed by atoms with Gasteiger partial charge in [0.2, 0.25) is 0 Å². The van der Waals surface area contributed by atoms with Gasteiger partial charge < -0.3 is 14.3 Å². The van der Waals surface area contributed by atoms with Crippen LogP contribution in [0.15, 0.2) is 58.5 Å². The standard InChI is InChI=1S/C28H29NO5/c1-15(2)33-22-12-9-20(14-18(22)5)26(30)24-25(23-11-8-19(6)34-23)29(28(32)27(24)31)21-10-7-16(3)13-17(21)4/h7-15,25,30H,1-6H3/b26-24-. The minimum Gasteiger partial charge on any atom is -0.507 e. The van der Waals surface area contributed by atoms with Crippen molar-refractivity contribution in [2.75, 3.05) is 4.90 Å². The number of carbonyl (C=O) groups is 2. The molecule has 1 atom stereocenters. The first-order valence-corrected chi connectivity index (χ1v) is 11.3. The Kier molecular flexibility index (Phi) is 6.09. The van der Waals surface area contributed by atoms with E-state index in [0.29, 0.717) is 28.5 Å². The third-order valence-electron chi connectivity index (χ3n) is 5.90. The van der Waals surface area contributed by atoms with Crippen molar-refractivity contribution in [2.45, 2.75) is 53.7 Å². The molecule has 3 aromatic rings. The van der Waals surface area contributed by atoms with E-state index in [1.807, 2.05) is 52.8 Å². The fourth-order valence-electron chi connectivity index (χ4n) is 4.36. The number of ketones is 1. The Morgan fingerprint density at radius 2 is 1.71 bits per heavy atom. The lowest BCUT2D eigenvalue weighted by Crippen LogP contribution is -2.30. The Labute approximate surface area is 199 Å². The number of aryl methyl sites for hydroxylation is 4. The van der Waals surface area contributed by atoms with E-state index in [1.54, 1.807) is 37.3 Å². The molecular weight excluding hydrogens is 430 g/mol. The summed E-state index contributed by atoms with van der Waals surface area (Å²) in [5.41, 5.74) is 3.73. The summed E-state index contributed by atoms with van der Waals surface area (Å²) in [7, 11) is 0. The zero-order valence-corrected chi connectivity index (χ0v) is 20.3. The number of aliphatic hydroxyl groups is 1. The summed E-state index contributed by atoms with van der Waals surface area (Å²) in [5, 5.41) is 11.3. The van der Waals surface area contributed by atoms with Gasteiger partial charge in [-0.25, -0.2) is 0 Å². The van der Waals surface area contributed by atoms with Gasteiger partial charge in [0.1, 0.15) is 29.1 Å². The molecule has 1 aromatic heterocycles. The molecule has 0 spiro atoms. The van der Waals surface area contributed by atoms with Crippen molar-refractivity contribution >= 4 is 23.1 Å². The third kappa shape index (κ3) is 4.12. The number of hydrogen-bond donors (Lipinski definition) is 1. The molecule has 0 radical (unpaired) electrons. The van der Waals surface area contributed by atoms with Gasteiger partial charge in [0.25, 0.3) is 11.7 Å². The van der Waals surface area contributed by atoms with E-state index < -0.39 is 17.7 Å². The number of ether oxygens (including phenoxy) is 1.